The van der Waals surface area contributed by atoms with E-state index < -0.39 is 10.0 Å². The summed E-state index contributed by atoms with van der Waals surface area (Å²) in [5.74, 6) is 0.830. The number of alkyl halides is 1. The quantitative estimate of drug-likeness (QED) is 0.729. The highest BCUT2D eigenvalue weighted by Gasteiger charge is 2.31. The van der Waals surface area contributed by atoms with Crippen LogP contribution in [0.25, 0.3) is 0 Å². The Morgan fingerprint density at radius 3 is 2.53 bits per heavy atom. The van der Waals surface area contributed by atoms with Crippen molar-refractivity contribution >= 4 is 26.0 Å². The van der Waals surface area contributed by atoms with Crippen molar-refractivity contribution in [1.29, 1.82) is 0 Å². The SMILES string of the molecule is CC(C)(C)CCS(=O)(=O)N1CCC(CCBr)C1. The number of rotatable bonds is 5. The summed E-state index contributed by atoms with van der Waals surface area (Å²) in [5.41, 5.74) is 0.0854. The summed E-state index contributed by atoms with van der Waals surface area (Å²) in [6.07, 6.45) is 2.82. The standard InChI is InChI=1S/C12H24BrNO2S/c1-12(2,3)6-9-17(15,16)14-8-5-11(10-14)4-7-13/h11H,4-10H2,1-3H3. The smallest absolute Gasteiger partial charge is 0.212 e. The van der Waals surface area contributed by atoms with Crippen LogP contribution in [0.15, 0.2) is 0 Å². The van der Waals surface area contributed by atoms with Crippen molar-refractivity contribution < 1.29 is 8.42 Å². The molecule has 0 spiro atoms. The first-order valence-electron chi connectivity index (χ1n) is 6.28. The molecule has 1 aliphatic rings. The predicted molar refractivity (Wildman–Crippen MR) is 75.9 cm³/mol. The maximum atomic E-state index is 12.1. The van der Waals surface area contributed by atoms with Crippen molar-refractivity contribution in [2.24, 2.45) is 11.3 Å². The molecule has 1 atom stereocenters. The van der Waals surface area contributed by atoms with Gasteiger partial charge in [-0.15, -0.1) is 0 Å². The Bertz CT molecular complexity index is 335. The third-order valence-corrected chi connectivity index (χ3v) is 5.57. The largest absolute Gasteiger partial charge is 0.214 e. The summed E-state index contributed by atoms with van der Waals surface area (Å²) in [5, 5.41) is 0.966. The van der Waals surface area contributed by atoms with Crippen LogP contribution in [0.3, 0.4) is 0 Å². The van der Waals surface area contributed by atoms with Gasteiger partial charge in [0.2, 0.25) is 10.0 Å². The second kappa shape index (κ2) is 6.02. The third-order valence-electron chi connectivity index (χ3n) is 3.27. The van der Waals surface area contributed by atoms with Gasteiger partial charge in [-0.3, -0.25) is 0 Å². The second-order valence-electron chi connectivity index (χ2n) is 6.12. The van der Waals surface area contributed by atoms with Crippen LogP contribution < -0.4 is 0 Å². The van der Waals surface area contributed by atoms with Gasteiger partial charge in [0.15, 0.2) is 0 Å². The molecule has 1 aliphatic heterocycles. The number of hydrogen-bond donors (Lipinski definition) is 0. The lowest BCUT2D eigenvalue weighted by atomic mass is 9.94. The molecule has 3 nitrogen and oxygen atoms in total. The Kier molecular flexibility index (Phi) is 5.47. The minimum atomic E-state index is -3.03. The summed E-state index contributed by atoms with van der Waals surface area (Å²) in [6, 6.07) is 0. The van der Waals surface area contributed by atoms with Gasteiger partial charge in [-0.25, -0.2) is 12.7 Å². The lowest BCUT2D eigenvalue weighted by molar-refractivity contribution is 0.387. The lowest BCUT2D eigenvalue weighted by Crippen LogP contribution is -2.32. The molecule has 17 heavy (non-hydrogen) atoms. The van der Waals surface area contributed by atoms with Crippen LogP contribution in [0.2, 0.25) is 0 Å². The molecule has 0 radical (unpaired) electrons. The molecular formula is C12H24BrNO2S. The first-order valence-corrected chi connectivity index (χ1v) is 9.01. The van der Waals surface area contributed by atoms with Crippen molar-refractivity contribution in [1.82, 2.24) is 4.31 Å². The van der Waals surface area contributed by atoms with Gasteiger partial charge in [-0.2, -0.15) is 0 Å². The van der Waals surface area contributed by atoms with Crippen LogP contribution in [0.1, 0.15) is 40.0 Å². The summed E-state index contributed by atoms with van der Waals surface area (Å²) < 4.78 is 26.0. The Labute approximate surface area is 114 Å². The number of halogens is 1. The Hall–Kier alpha value is 0.390. The van der Waals surface area contributed by atoms with Crippen LogP contribution in [0.5, 0.6) is 0 Å². The molecule has 0 aliphatic carbocycles. The molecule has 0 saturated carbocycles. The van der Waals surface area contributed by atoms with E-state index in [2.05, 4.69) is 36.7 Å². The lowest BCUT2D eigenvalue weighted by Gasteiger charge is -2.21. The molecule has 0 aromatic heterocycles. The molecule has 0 bridgehead atoms. The average molecular weight is 326 g/mol. The molecule has 5 heteroatoms. The zero-order valence-electron chi connectivity index (χ0n) is 11.1. The van der Waals surface area contributed by atoms with Crippen LogP contribution in [0.4, 0.5) is 0 Å². The maximum absolute atomic E-state index is 12.1. The van der Waals surface area contributed by atoms with E-state index in [0.29, 0.717) is 12.5 Å². The average Bonchev–Trinajstić information content (AvgIpc) is 2.64. The van der Waals surface area contributed by atoms with Crippen LogP contribution in [0, 0.1) is 11.3 Å². The number of nitrogens with zero attached hydrogens (tertiary/aromatic N) is 1. The van der Waals surface area contributed by atoms with E-state index in [4.69, 9.17) is 0 Å². The van der Waals surface area contributed by atoms with Gasteiger partial charge >= 0.3 is 0 Å². The van der Waals surface area contributed by atoms with E-state index in [1.165, 1.54) is 0 Å². The van der Waals surface area contributed by atoms with Crippen LogP contribution in [-0.4, -0.2) is 36.9 Å². The van der Waals surface area contributed by atoms with Gasteiger partial charge in [0, 0.05) is 18.4 Å². The summed E-state index contributed by atoms with van der Waals surface area (Å²) >= 11 is 3.42. The normalized spacial score (nSPS) is 23.2. The van der Waals surface area contributed by atoms with E-state index in [1.807, 2.05) is 0 Å². The third kappa shape index (κ3) is 5.26. The van der Waals surface area contributed by atoms with Gasteiger partial charge in [0.1, 0.15) is 0 Å². The fourth-order valence-corrected chi connectivity index (χ4v) is 4.60. The number of hydrogen-bond acceptors (Lipinski definition) is 2. The van der Waals surface area contributed by atoms with Crippen molar-refractivity contribution in [3.8, 4) is 0 Å². The van der Waals surface area contributed by atoms with Crippen molar-refractivity contribution in [2.75, 3.05) is 24.2 Å². The van der Waals surface area contributed by atoms with Crippen LogP contribution in [-0.2, 0) is 10.0 Å². The fourth-order valence-electron chi connectivity index (χ4n) is 2.00. The maximum Gasteiger partial charge on any atom is 0.214 e. The Morgan fingerprint density at radius 2 is 2.00 bits per heavy atom. The van der Waals surface area contributed by atoms with E-state index in [-0.39, 0.29) is 11.2 Å². The first-order chi connectivity index (χ1) is 7.74. The zero-order valence-corrected chi connectivity index (χ0v) is 13.5. The number of sulfonamides is 1. The fraction of sp³-hybridized carbons (Fsp3) is 1.00. The van der Waals surface area contributed by atoms with E-state index in [0.717, 1.165) is 31.1 Å². The molecule has 0 amide bonds. The minimum absolute atomic E-state index is 0.0854. The predicted octanol–water partition coefficient (Wildman–Crippen LogP) is 2.86. The highest BCUT2D eigenvalue weighted by atomic mass is 79.9. The molecule has 0 aromatic carbocycles. The highest BCUT2D eigenvalue weighted by molar-refractivity contribution is 9.09. The van der Waals surface area contributed by atoms with E-state index >= 15 is 0 Å². The summed E-state index contributed by atoms with van der Waals surface area (Å²) in [7, 11) is -3.03. The van der Waals surface area contributed by atoms with Crippen molar-refractivity contribution in [3.63, 3.8) is 0 Å². The molecule has 1 rings (SSSR count). The Balaban J connectivity index is 2.49. The first kappa shape index (κ1) is 15.4. The molecule has 1 saturated heterocycles. The monoisotopic (exact) mass is 325 g/mol. The Morgan fingerprint density at radius 1 is 1.35 bits per heavy atom. The van der Waals surface area contributed by atoms with Gasteiger partial charge in [-0.05, 0) is 30.6 Å². The van der Waals surface area contributed by atoms with Crippen molar-refractivity contribution in [2.45, 2.75) is 40.0 Å². The van der Waals surface area contributed by atoms with Crippen molar-refractivity contribution in [3.05, 3.63) is 0 Å². The summed E-state index contributed by atoms with van der Waals surface area (Å²) in [6.45, 7) is 7.68. The molecule has 1 fully saturated rings. The second-order valence-corrected chi connectivity index (χ2v) is 9.00. The molecule has 102 valence electrons. The highest BCUT2D eigenvalue weighted by Crippen LogP contribution is 2.25. The topological polar surface area (TPSA) is 37.4 Å². The van der Waals surface area contributed by atoms with E-state index in [9.17, 15) is 8.42 Å². The minimum Gasteiger partial charge on any atom is -0.212 e. The van der Waals surface area contributed by atoms with Gasteiger partial charge < -0.3 is 0 Å². The van der Waals surface area contributed by atoms with Gasteiger partial charge in [0.25, 0.3) is 0 Å². The molecule has 0 aromatic rings. The van der Waals surface area contributed by atoms with Gasteiger partial charge in [0.05, 0.1) is 5.75 Å². The molecular weight excluding hydrogens is 302 g/mol. The summed E-state index contributed by atoms with van der Waals surface area (Å²) in [4.78, 5) is 0. The molecule has 1 heterocycles. The van der Waals surface area contributed by atoms with Crippen LogP contribution >= 0.6 is 15.9 Å². The molecule has 0 N–H and O–H groups in total. The van der Waals surface area contributed by atoms with E-state index in [1.54, 1.807) is 4.31 Å². The van der Waals surface area contributed by atoms with Gasteiger partial charge in [-0.1, -0.05) is 36.7 Å². The zero-order chi connectivity index (χ0) is 13.1. The molecule has 1 unspecified atom stereocenters.